The molecule has 176 valence electrons. The van der Waals surface area contributed by atoms with Crippen LogP contribution in [-0.4, -0.2) is 39.5 Å². The normalized spacial score (nSPS) is 15.0. The third-order valence-electron chi connectivity index (χ3n) is 5.78. The van der Waals surface area contributed by atoms with E-state index in [1.807, 2.05) is 44.2 Å². The summed E-state index contributed by atoms with van der Waals surface area (Å²) in [5, 5.41) is 0. The lowest BCUT2D eigenvalue weighted by molar-refractivity contribution is -0.121. The molecule has 34 heavy (non-hydrogen) atoms. The van der Waals surface area contributed by atoms with Crippen molar-refractivity contribution in [2.75, 3.05) is 22.4 Å². The first-order valence-electron chi connectivity index (χ1n) is 11.1. The lowest BCUT2D eigenvalue weighted by Gasteiger charge is -2.24. The van der Waals surface area contributed by atoms with Gasteiger partial charge in [0.1, 0.15) is 0 Å². The quantitative estimate of drug-likeness (QED) is 0.479. The third kappa shape index (κ3) is 4.54. The maximum absolute atomic E-state index is 13.4. The van der Waals surface area contributed by atoms with Gasteiger partial charge in [-0.05, 0) is 62.2 Å². The predicted octanol–water partition coefficient (Wildman–Crippen LogP) is 4.04. The zero-order valence-corrected chi connectivity index (χ0v) is 19.9. The number of carbonyl (C=O) groups is 2. The zero-order valence-electron chi connectivity index (χ0n) is 19.0. The number of likely N-dealkylation sites (N-methyl/N-ethyl adjacent to an activating group) is 1. The Morgan fingerprint density at radius 1 is 1.00 bits per heavy atom. The fraction of sp³-hybridized carbons (Fsp3) is 0.231. The number of anilines is 2. The van der Waals surface area contributed by atoms with E-state index in [0.29, 0.717) is 24.3 Å². The van der Waals surface area contributed by atoms with Crippen LogP contribution in [0.15, 0.2) is 83.8 Å². The highest BCUT2D eigenvalue weighted by atomic mass is 32.2. The minimum absolute atomic E-state index is 0.00343. The van der Waals surface area contributed by atoms with Crippen LogP contribution in [-0.2, 0) is 26.0 Å². The van der Waals surface area contributed by atoms with Crippen molar-refractivity contribution in [2.45, 2.75) is 31.2 Å². The molecule has 1 amide bonds. The molecule has 0 saturated heterocycles. The largest absolute Gasteiger partial charge is 0.452 e. The van der Waals surface area contributed by atoms with Gasteiger partial charge in [-0.1, -0.05) is 42.5 Å². The molecule has 1 unspecified atom stereocenters. The lowest BCUT2D eigenvalue weighted by atomic mass is 10.1. The van der Waals surface area contributed by atoms with Crippen molar-refractivity contribution in [2.24, 2.45) is 0 Å². The average Bonchev–Trinajstić information content (AvgIpc) is 3.20. The monoisotopic (exact) mass is 478 g/mol. The van der Waals surface area contributed by atoms with Gasteiger partial charge in [0.05, 0.1) is 16.1 Å². The van der Waals surface area contributed by atoms with Gasteiger partial charge in [0.15, 0.2) is 6.61 Å². The summed E-state index contributed by atoms with van der Waals surface area (Å²) in [6.07, 6.45) is 0.620. The average molecular weight is 479 g/mol. The standard InChI is InChI=1S/C26H26N2O5S/c1-3-27(22-12-5-4-6-13-22)25(29)18-33-26(30)21-11-9-14-23(17-21)34(31,32)28-19(2)16-20-10-7-8-15-24(20)28/h4-15,17,19H,3,16,18H2,1-2H3. The van der Waals surface area contributed by atoms with Crippen LogP contribution in [0.3, 0.4) is 0 Å². The smallest absolute Gasteiger partial charge is 0.338 e. The maximum Gasteiger partial charge on any atom is 0.338 e. The van der Waals surface area contributed by atoms with Gasteiger partial charge in [-0.25, -0.2) is 13.2 Å². The second-order valence-electron chi connectivity index (χ2n) is 8.06. The molecule has 0 aromatic heterocycles. The number of para-hydroxylation sites is 2. The van der Waals surface area contributed by atoms with E-state index in [-0.39, 0.29) is 22.4 Å². The molecule has 4 rings (SSSR count). The number of hydrogen-bond acceptors (Lipinski definition) is 5. The fourth-order valence-corrected chi connectivity index (χ4v) is 5.94. The molecule has 3 aromatic carbocycles. The summed E-state index contributed by atoms with van der Waals surface area (Å²) in [4.78, 5) is 26.8. The zero-order chi connectivity index (χ0) is 24.3. The van der Waals surface area contributed by atoms with Crippen LogP contribution in [0.25, 0.3) is 0 Å². The number of rotatable bonds is 7. The number of amides is 1. The van der Waals surface area contributed by atoms with Crippen molar-refractivity contribution < 1.29 is 22.7 Å². The van der Waals surface area contributed by atoms with Crippen LogP contribution in [0.4, 0.5) is 11.4 Å². The first-order valence-corrected chi connectivity index (χ1v) is 12.5. The molecule has 0 aliphatic carbocycles. The topological polar surface area (TPSA) is 84.0 Å². The van der Waals surface area contributed by atoms with Crippen LogP contribution in [0, 0.1) is 0 Å². The van der Waals surface area contributed by atoms with E-state index in [1.165, 1.54) is 33.5 Å². The molecule has 0 radical (unpaired) electrons. The summed E-state index contributed by atoms with van der Waals surface area (Å²) in [6.45, 7) is 3.66. The summed E-state index contributed by atoms with van der Waals surface area (Å²) in [5.41, 5.74) is 2.39. The van der Waals surface area contributed by atoms with E-state index in [4.69, 9.17) is 4.74 Å². The van der Waals surface area contributed by atoms with Gasteiger partial charge in [-0.2, -0.15) is 0 Å². The Labute approximate surface area is 199 Å². The lowest BCUT2D eigenvalue weighted by Crippen LogP contribution is -2.36. The predicted molar refractivity (Wildman–Crippen MR) is 130 cm³/mol. The van der Waals surface area contributed by atoms with Crippen LogP contribution >= 0.6 is 0 Å². The molecule has 0 spiro atoms. The van der Waals surface area contributed by atoms with E-state index >= 15 is 0 Å². The van der Waals surface area contributed by atoms with Crippen LogP contribution < -0.4 is 9.21 Å². The van der Waals surface area contributed by atoms with Crippen molar-refractivity contribution in [1.29, 1.82) is 0 Å². The first-order chi connectivity index (χ1) is 16.3. The van der Waals surface area contributed by atoms with Crippen LogP contribution in [0.2, 0.25) is 0 Å². The molecule has 8 heteroatoms. The number of esters is 1. The van der Waals surface area contributed by atoms with Gasteiger partial charge in [-0.15, -0.1) is 0 Å². The van der Waals surface area contributed by atoms with Crippen molar-refractivity contribution >= 4 is 33.3 Å². The Morgan fingerprint density at radius 3 is 2.44 bits per heavy atom. The molecule has 1 atom stereocenters. The van der Waals surface area contributed by atoms with Gasteiger partial charge in [0.25, 0.3) is 15.9 Å². The maximum atomic E-state index is 13.4. The van der Waals surface area contributed by atoms with Gasteiger partial charge in [0, 0.05) is 18.3 Å². The SMILES string of the molecule is CCN(C(=O)COC(=O)c1cccc(S(=O)(=O)N2c3ccccc3CC2C)c1)c1ccccc1. The molecule has 3 aromatic rings. The van der Waals surface area contributed by atoms with Gasteiger partial charge in [0.2, 0.25) is 0 Å². The fourth-order valence-electron chi connectivity index (χ4n) is 4.20. The second kappa shape index (κ2) is 9.69. The van der Waals surface area contributed by atoms with E-state index in [2.05, 4.69) is 0 Å². The Kier molecular flexibility index (Phi) is 6.70. The molecule has 0 bridgehead atoms. The Morgan fingerprint density at radius 2 is 1.71 bits per heavy atom. The summed E-state index contributed by atoms with van der Waals surface area (Å²) in [6, 6.07) is 22.0. The number of sulfonamides is 1. The van der Waals surface area contributed by atoms with Crippen LogP contribution in [0.5, 0.6) is 0 Å². The van der Waals surface area contributed by atoms with Crippen molar-refractivity contribution in [1.82, 2.24) is 0 Å². The number of hydrogen-bond donors (Lipinski definition) is 0. The highest BCUT2D eigenvalue weighted by Crippen LogP contribution is 2.36. The summed E-state index contributed by atoms with van der Waals surface area (Å²) >= 11 is 0. The summed E-state index contributed by atoms with van der Waals surface area (Å²) in [7, 11) is -3.89. The Bertz CT molecular complexity index is 1310. The number of carbonyl (C=O) groups excluding carboxylic acids is 2. The number of fused-ring (bicyclic) bond motifs is 1. The van der Waals surface area contributed by atoms with Gasteiger partial charge in [-0.3, -0.25) is 9.10 Å². The number of ether oxygens (including phenoxy) is 1. The van der Waals surface area contributed by atoms with Gasteiger partial charge >= 0.3 is 5.97 Å². The third-order valence-corrected chi connectivity index (χ3v) is 7.71. The first kappa shape index (κ1) is 23.5. The molecule has 7 nitrogen and oxygen atoms in total. The minimum atomic E-state index is -3.89. The van der Waals surface area contributed by atoms with Crippen LogP contribution in [0.1, 0.15) is 29.8 Å². The van der Waals surface area contributed by atoms with Gasteiger partial charge < -0.3 is 9.64 Å². The molecule has 0 saturated carbocycles. The van der Waals surface area contributed by atoms with E-state index in [1.54, 1.807) is 24.3 Å². The molecule has 0 fully saturated rings. The molecule has 1 aliphatic heterocycles. The summed E-state index contributed by atoms with van der Waals surface area (Å²) < 4.78 is 33.5. The summed E-state index contributed by atoms with van der Waals surface area (Å²) in [5.74, 6) is -1.13. The molecule has 1 aliphatic rings. The molecule has 0 N–H and O–H groups in total. The second-order valence-corrected chi connectivity index (χ2v) is 9.88. The number of benzene rings is 3. The number of nitrogens with zero attached hydrogens (tertiary/aromatic N) is 2. The molecule has 1 heterocycles. The highest BCUT2D eigenvalue weighted by Gasteiger charge is 2.36. The Balaban J connectivity index is 1.50. The van der Waals surface area contributed by atoms with Crippen molar-refractivity contribution in [3.63, 3.8) is 0 Å². The Hall–Kier alpha value is -3.65. The van der Waals surface area contributed by atoms with E-state index in [9.17, 15) is 18.0 Å². The van der Waals surface area contributed by atoms with Crippen molar-refractivity contribution in [3.8, 4) is 0 Å². The highest BCUT2D eigenvalue weighted by molar-refractivity contribution is 7.92. The van der Waals surface area contributed by atoms with E-state index in [0.717, 1.165) is 5.56 Å². The van der Waals surface area contributed by atoms with Crippen molar-refractivity contribution in [3.05, 3.63) is 90.0 Å². The minimum Gasteiger partial charge on any atom is -0.452 e. The van der Waals surface area contributed by atoms with E-state index < -0.39 is 22.6 Å². The molecular weight excluding hydrogens is 452 g/mol. The molecular formula is C26H26N2O5S.